The van der Waals surface area contributed by atoms with Gasteiger partial charge in [0.1, 0.15) is 5.65 Å². The topological polar surface area (TPSA) is 17.3 Å². The van der Waals surface area contributed by atoms with E-state index in [0.717, 1.165) is 11.6 Å². The van der Waals surface area contributed by atoms with Crippen molar-refractivity contribution >= 4 is 5.65 Å². The lowest BCUT2D eigenvalue weighted by atomic mass is 9.82. The molecular weight excluding hydrogens is 184 g/mol. The van der Waals surface area contributed by atoms with Crippen LogP contribution in [-0.4, -0.2) is 9.38 Å². The molecule has 0 saturated carbocycles. The van der Waals surface area contributed by atoms with Crippen molar-refractivity contribution in [2.45, 2.75) is 32.6 Å². The number of aryl methyl sites for hydroxylation is 1. The summed E-state index contributed by atoms with van der Waals surface area (Å²) in [5.41, 5.74) is 3.85. The van der Waals surface area contributed by atoms with Gasteiger partial charge in [-0.25, -0.2) is 4.98 Å². The molecular formula is C13H16N2. The first-order chi connectivity index (χ1) is 7.27. The highest BCUT2D eigenvalue weighted by Crippen LogP contribution is 2.35. The number of aromatic nitrogens is 2. The zero-order valence-electron chi connectivity index (χ0n) is 9.27. The molecule has 2 atom stereocenters. The first kappa shape index (κ1) is 8.96. The van der Waals surface area contributed by atoms with Gasteiger partial charge in [0.2, 0.25) is 0 Å². The average Bonchev–Trinajstić information content (AvgIpc) is 2.63. The Kier molecular flexibility index (Phi) is 1.84. The van der Waals surface area contributed by atoms with Crippen molar-refractivity contribution in [3.8, 4) is 0 Å². The number of fused-ring (bicyclic) bond motifs is 3. The summed E-state index contributed by atoms with van der Waals surface area (Å²) < 4.78 is 2.25. The van der Waals surface area contributed by atoms with Crippen LogP contribution in [-0.2, 0) is 6.42 Å². The van der Waals surface area contributed by atoms with Gasteiger partial charge < -0.3 is 4.40 Å². The van der Waals surface area contributed by atoms with Crippen LogP contribution in [0.1, 0.15) is 37.6 Å². The van der Waals surface area contributed by atoms with Crippen LogP contribution in [0.4, 0.5) is 0 Å². The zero-order chi connectivity index (χ0) is 10.4. The summed E-state index contributed by atoms with van der Waals surface area (Å²) in [6.45, 7) is 4.63. The van der Waals surface area contributed by atoms with E-state index in [9.17, 15) is 0 Å². The van der Waals surface area contributed by atoms with E-state index in [1.807, 2.05) is 0 Å². The van der Waals surface area contributed by atoms with E-state index in [1.165, 1.54) is 24.2 Å². The number of hydrogen-bond acceptors (Lipinski definition) is 1. The maximum absolute atomic E-state index is 4.75. The van der Waals surface area contributed by atoms with Gasteiger partial charge >= 0.3 is 0 Å². The largest absolute Gasteiger partial charge is 0.304 e. The van der Waals surface area contributed by atoms with E-state index in [2.05, 4.69) is 42.6 Å². The summed E-state index contributed by atoms with van der Waals surface area (Å²) in [5.74, 6) is 1.37. The quantitative estimate of drug-likeness (QED) is 0.639. The number of imidazole rings is 1. The highest BCUT2D eigenvalue weighted by atomic mass is 15.0. The lowest BCUT2D eigenvalue weighted by molar-refractivity contribution is 0.415. The molecule has 2 unspecified atom stereocenters. The van der Waals surface area contributed by atoms with Gasteiger partial charge in [0.05, 0.1) is 5.69 Å². The normalized spacial score (nSPS) is 25.5. The Morgan fingerprint density at radius 1 is 1.33 bits per heavy atom. The second kappa shape index (κ2) is 3.09. The van der Waals surface area contributed by atoms with Crippen LogP contribution in [0.15, 0.2) is 24.4 Å². The minimum Gasteiger partial charge on any atom is -0.304 e. The van der Waals surface area contributed by atoms with Crippen molar-refractivity contribution in [1.29, 1.82) is 0 Å². The standard InChI is InChI=1S/C13H16N2/c1-9-6-7-11-13(10(9)2)14-12-5-3-4-8-15(11)12/h3-5,8-10H,6-7H2,1-2H3. The van der Waals surface area contributed by atoms with Gasteiger partial charge in [-0.15, -0.1) is 0 Å². The lowest BCUT2D eigenvalue weighted by Crippen LogP contribution is -2.16. The third kappa shape index (κ3) is 1.21. The summed E-state index contributed by atoms with van der Waals surface area (Å²) >= 11 is 0. The Labute approximate surface area is 90.0 Å². The molecule has 0 amide bonds. The molecule has 2 heteroatoms. The molecule has 0 N–H and O–H groups in total. The minimum absolute atomic E-state index is 0.605. The lowest BCUT2D eigenvalue weighted by Gasteiger charge is -2.24. The predicted molar refractivity (Wildman–Crippen MR) is 61.1 cm³/mol. The third-order valence-electron chi connectivity index (χ3n) is 3.78. The summed E-state index contributed by atoms with van der Waals surface area (Å²) in [4.78, 5) is 4.75. The summed E-state index contributed by atoms with van der Waals surface area (Å²) in [7, 11) is 0. The average molecular weight is 200 g/mol. The molecule has 0 spiro atoms. The number of pyridine rings is 1. The summed E-state index contributed by atoms with van der Waals surface area (Å²) in [5, 5.41) is 0. The Hall–Kier alpha value is -1.31. The van der Waals surface area contributed by atoms with Gasteiger partial charge in [0, 0.05) is 17.8 Å². The maximum Gasteiger partial charge on any atom is 0.137 e. The SMILES string of the molecule is CC1CCc2c(nc3ccccn23)C1C. The van der Waals surface area contributed by atoms with Crippen LogP contribution in [0.3, 0.4) is 0 Å². The Morgan fingerprint density at radius 3 is 3.07 bits per heavy atom. The van der Waals surface area contributed by atoms with Crippen LogP contribution in [0.5, 0.6) is 0 Å². The van der Waals surface area contributed by atoms with Gasteiger partial charge in [-0.1, -0.05) is 19.9 Å². The number of hydrogen-bond donors (Lipinski definition) is 0. The molecule has 1 aliphatic carbocycles. The fourth-order valence-corrected chi connectivity index (χ4v) is 2.56. The highest BCUT2D eigenvalue weighted by Gasteiger charge is 2.26. The summed E-state index contributed by atoms with van der Waals surface area (Å²) in [6.07, 6.45) is 4.59. The minimum atomic E-state index is 0.605. The van der Waals surface area contributed by atoms with Crippen LogP contribution >= 0.6 is 0 Å². The van der Waals surface area contributed by atoms with Crippen molar-refractivity contribution < 1.29 is 0 Å². The van der Waals surface area contributed by atoms with Gasteiger partial charge in [-0.2, -0.15) is 0 Å². The van der Waals surface area contributed by atoms with E-state index in [1.54, 1.807) is 0 Å². The van der Waals surface area contributed by atoms with E-state index in [-0.39, 0.29) is 0 Å². The Morgan fingerprint density at radius 2 is 2.20 bits per heavy atom. The first-order valence-electron chi connectivity index (χ1n) is 5.73. The molecule has 2 aromatic rings. The van der Waals surface area contributed by atoms with Crippen molar-refractivity contribution in [3.63, 3.8) is 0 Å². The van der Waals surface area contributed by atoms with Gasteiger partial charge in [0.15, 0.2) is 0 Å². The number of nitrogens with zero attached hydrogens (tertiary/aromatic N) is 2. The smallest absolute Gasteiger partial charge is 0.137 e. The molecule has 0 saturated heterocycles. The third-order valence-corrected chi connectivity index (χ3v) is 3.78. The van der Waals surface area contributed by atoms with E-state index in [4.69, 9.17) is 4.98 Å². The highest BCUT2D eigenvalue weighted by molar-refractivity contribution is 5.44. The fourth-order valence-electron chi connectivity index (χ4n) is 2.56. The molecule has 0 radical (unpaired) electrons. The van der Waals surface area contributed by atoms with Gasteiger partial charge in [0.25, 0.3) is 0 Å². The Bertz CT molecular complexity index is 498. The van der Waals surface area contributed by atoms with Crippen molar-refractivity contribution in [3.05, 3.63) is 35.8 Å². The zero-order valence-corrected chi connectivity index (χ0v) is 9.27. The van der Waals surface area contributed by atoms with E-state index >= 15 is 0 Å². The second-order valence-corrected chi connectivity index (χ2v) is 4.68. The fraction of sp³-hybridized carbons (Fsp3) is 0.462. The van der Waals surface area contributed by atoms with Crippen LogP contribution in [0.2, 0.25) is 0 Å². The molecule has 2 heterocycles. The molecule has 0 aromatic carbocycles. The van der Waals surface area contributed by atoms with Crippen LogP contribution in [0, 0.1) is 5.92 Å². The van der Waals surface area contributed by atoms with E-state index in [0.29, 0.717) is 5.92 Å². The maximum atomic E-state index is 4.75. The number of rotatable bonds is 0. The Balaban J connectivity index is 2.26. The van der Waals surface area contributed by atoms with Crippen LogP contribution < -0.4 is 0 Å². The van der Waals surface area contributed by atoms with Gasteiger partial charge in [-0.3, -0.25) is 0 Å². The van der Waals surface area contributed by atoms with Crippen molar-refractivity contribution in [2.75, 3.05) is 0 Å². The molecule has 15 heavy (non-hydrogen) atoms. The first-order valence-corrected chi connectivity index (χ1v) is 5.73. The molecule has 1 aliphatic rings. The summed E-state index contributed by atoms with van der Waals surface area (Å²) in [6, 6.07) is 6.23. The van der Waals surface area contributed by atoms with E-state index < -0.39 is 0 Å². The molecule has 0 fully saturated rings. The van der Waals surface area contributed by atoms with Crippen molar-refractivity contribution in [1.82, 2.24) is 9.38 Å². The molecule has 0 bridgehead atoms. The molecule has 2 aromatic heterocycles. The van der Waals surface area contributed by atoms with Gasteiger partial charge in [-0.05, 0) is 30.9 Å². The van der Waals surface area contributed by atoms with Crippen LogP contribution in [0.25, 0.3) is 5.65 Å². The van der Waals surface area contributed by atoms with Crippen molar-refractivity contribution in [2.24, 2.45) is 5.92 Å². The molecule has 2 nitrogen and oxygen atoms in total. The molecule has 78 valence electrons. The predicted octanol–water partition coefficient (Wildman–Crippen LogP) is 3.02. The molecule has 3 rings (SSSR count). The monoisotopic (exact) mass is 200 g/mol. The molecule has 0 aliphatic heterocycles. The second-order valence-electron chi connectivity index (χ2n) is 4.68.